The Morgan fingerprint density at radius 3 is 2.09 bits per heavy atom. The van der Waals surface area contributed by atoms with Gasteiger partial charge in [0.05, 0.1) is 10.5 Å². The van der Waals surface area contributed by atoms with Crippen molar-refractivity contribution in [2.24, 2.45) is 0 Å². The second-order valence-electron chi connectivity index (χ2n) is 5.07. The third kappa shape index (κ3) is 3.82. The lowest BCUT2D eigenvalue weighted by atomic mass is 10.1. The molecular weight excluding hydrogens is 334 g/mol. The van der Waals surface area contributed by atoms with Gasteiger partial charge in [0.1, 0.15) is 5.82 Å². The van der Waals surface area contributed by atoms with Gasteiger partial charge >= 0.3 is 6.18 Å². The van der Waals surface area contributed by atoms with E-state index in [1.165, 1.54) is 12.1 Å². The summed E-state index contributed by atoms with van der Waals surface area (Å²) >= 11 is 0. The van der Waals surface area contributed by atoms with Crippen molar-refractivity contribution in [2.75, 3.05) is 4.72 Å². The standard InChI is InChI=1S/C15H13F4NO2S/c1-9-3-5-12(6-4-9)23(21,22)20-11-7-10(2)14(16)13(8-11)15(17,18)19/h3-8,20H,1-2H3. The van der Waals surface area contributed by atoms with Gasteiger partial charge in [0.15, 0.2) is 0 Å². The highest BCUT2D eigenvalue weighted by atomic mass is 32.2. The maximum atomic E-state index is 13.6. The molecule has 0 bridgehead atoms. The third-order valence-corrected chi connectivity index (χ3v) is 4.54. The molecule has 2 aromatic carbocycles. The minimum absolute atomic E-state index is 0.0985. The number of alkyl halides is 3. The largest absolute Gasteiger partial charge is 0.419 e. The molecule has 0 saturated carbocycles. The Bertz CT molecular complexity index is 828. The molecule has 0 unspecified atom stereocenters. The molecule has 124 valence electrons. The first-order valence-corrected chi connectivity index (χ1v) is 7.96. The minimum Gasteiger partial charge on any atom is -0.280 e. The van der Waals surface area contributed by atoms with E-state index in [9.17, 15) is 26.0 Å². The third-order valence-electron chi connectivity index (χ3n) is 3.14. The zero-order valence-corrected chi connectivity index (χ0v) is 13.0. The Hall–Kier alpha value is -2.09. The Morgan fingerprint density at radius 2 is 1.57 bits per heavy atom. The number of sulfonamides is 1. The predicted octanol–water partition coefficient (Wildman–Crippen LogP) is 4.26. The Kier molecular flexibility index (Phi) is 4.39. The highest BCUT2D eigenvalue weighted by Gasteiger charge is 2.35. The highest BCUT2D eigenvalue weighted by Crippen LogP contribution is 2.35. The van der Waals surface area contributed by atoms with E-state index in [1.54, 1.807) is 19.1 Å². The second kappa shape index (κ2) is 5.84. The molecular formula is C15H13F4NO2S. The summed E-state index contributed by atoms with van der Waals surface area (Å²) in [6.07, 6.45) is -4.92. The van der Waals surface area contributed by atoms with E-state index in [-0.39, 0.29) is 16.1 Å². The van der Waals surface area contributed by atoms with E-state index in [4.69, 9.17) is 0 Å². The lowest BCUT2D eigenvalue weighted by Crippen LogP contribution is -2.15. The fraction of sp³-hybridized carbons (Fsp3) is 0.200. The molecule has 23 heavy (non-hydrogen) atoms. The van der Waals surface area contributed by atoms with Gasteiger partial charge in [-0.1, -0.05) is 17.7 Å². The molecule has 0 amide bonds. The fourth-order valence-corrected chi connectivity index (χ4v) is 3.01. The normalized spacial score (nSPS) is 12.3. The number of aryl methyl sites for hydroxylation is 2. The van der Waals surface area contributed by atoms with Crippen molar-refractivity contribution in [1.29, 1.82) is 0 Å². The van der Waals surface area contributed by atoms with Crippen LogP contribution in [0.4, 0.5) is 23.2 Å². The van der Waals surface area contributed by atoms with E-state index in [0.717, 1.165) is 18.6 Å². The first-order chi connectivity index (χ1) is 10.5. The second-order valence-corrected chi connectivity index (χ2v) is 6.75. The van der Waals surface area contributed by atoms with Crippen LogP contribution in [0.25, 0.3) is 0 Å². The van der Waals surface area contributed by atoms with Gasteiger partial charge in [-0.15, -0.1) is 0 Å². The average Bonchev–Trinajstić information content (AvgIpc) is 2.41. The Morgan fingerprint density at radius 1 is 1.00 bits per heavy atom. The number of hydrogen-bond donors (Lipinski definition) is 1. The number of rotatable bonds is 3. The predicted molar refractivity (Wildman–Crippen MR) is 78.1 cm³/mol. The van der Waals surface area contributed by atoms with Gasteiger partial charge in [0.2, 0.25) is 0 Å². The van der Waals surface area contributed by atoms with Crippen LogP contribution in [-0.2, 0) is 16.2 Å². The molecule has 0 atom stereocenters. The molecule has 0 heterocycles. The molecule has 2 rings (SSSR count). The van der Waals surface area contributed by atoms with E-state index in [0.29, 0.717) is 6.07 Å². The van der Waals surface area contributed by atoms with Crippen LogP contribution >= 0.6 is 0 Å². The molecule has 0 aromatic heterocycles. The molecule has 8 heteroatoms. The number of hydrogen-bond acceptors (Lipinski definition) is 2. The maximum absolute atomic E-state index is 13.6. The van der Waals surface area contributed by atoms with Crippen LogP contribution in [-0.4, -0.2) is 8.42 Å². The van der Waals surface area contributed by atoms with E-state index in [2.05, 4.69) is 0 Å². The summed E-state index contributed by atoms with van der Waals surface area (Å²) in [5.74, 6) is -1.42. The van der Waals surface area contributed by atoms with Crippen molar-refractivity contribution in [1.82, 2.24) is 0 Å². The summed E-state index contributed by atoms with van der Waals surface area (Å²) in [5.41, 5.74) is -1.33. The molecule has 0 aliphatic heterocycles. The lowest BCUT2D eigenvalue weighted by molar-refractivity contribution is -0.140. The molecule has 0 spiro atoms. The van der Waals surface area contributed by atoms with Gasteiger partial charge in [-0.2, -0.15) is 13.2 Å². The number of nitrogens with one attached hydrogen (secondary N) is 1. The molecule has 0 radical (unpaired) electrons. The van der Waals surface area contributed by atoms with Gasteiger partial charge < -0.3 is 0 Å². The van der Waals surface area contributed by atoms with Crippen molar-refractivity contribution in [3.8, 4) is 0 Å². The topological polar surface area (TPSA) is 46.2 Å². The van der Waals surface area contributed by atoms with Crippen molar-refractivity contribution in [2.45, 2.75) is 24.9 Å². The van der Waals surface area contributed by atoms with Crippen LogP contribution in [0.15, 0.2) is 41.3 Å². The van der Waals surface area contributed by atoms with Gasteiger partial charge in [0, 0.05) is 5.69 Å². The van der Waals surface area contributed by atoms with E-state index >= 15 is 0 Å². The van der Waals surface area contributed by atoms with E-state index in [1.807, 2.05) is 4.72 Å². The Labute approximate surface area is 131 Å². The maximum Gasteiger partial charge on any atom is 0.419 e. The van der Waals surface area contributed by atoms with Crippen molar-refractivity contribution >= 4 is 15.7 Å². The summed E-state index contributed by atoms with van der Waals surface area (Å²) in [4.78, 5) is -0.0985. The van der Waals surface area contributed by atoms with Crippen LogP contribution in [0, 0.1) is 19.7 Å². The Balaban J connectivity index is 2.44. The van der Waals surface area contributed by atoms with Crippen LogP contribution in [0.2, 0.25) is 0 Å². The SMILES string of the molecule is Cc1ccc(S(=O)(=O)Nc2cc(C)c(F)c(C(F)(F)F)c2)cc1. The molecule has 1 N–H and O–H groups in total. The summed E-state index contributed by atoms with van der Waals surface area (Å²) < 4.78 is 78.4. The number of anilines is 1. The molecule has 2 aromatic rings. The minimum atomic E-state index is -4.92. The van der Waals surface area contributed by atoms with Crippen molar-refractivity contribution in [3.05, 3.63) is 58.9 Å². The average molecular weight is 347 g/mol. The quantitative estimate of drug-likeness (QED) is 0.843. The summed E-state index contributed by atoms with van der Waals surface area (Å²) in [6.45, 7) is 2.90. The number of benzene rings is 2. The zero-order valence-electron chi connectivity index (χ0n) is 12.2. The molecule has 0 aliphatic carbocycles. The van der Waals surface area contributed by atoms with Gasteiger partial charge in [0.25, 0.3) is 10.0 Å². The van der Waals surface area contributed by atoms with Crippen LogP contribution < -0.4 is 4.72 Å². The van der Waals surface area contributed by atoms with Crippen molar-refractivity contribution < 1.29 is 26.0 Å². The van der Waals surface area contributed by atoms with Crippen molar-refractivity contribution in [3.63, 3.8) is 0 Å². The summed E-state index contributed by atoms with van der Waals surface area (Å²) in [7, 11) is -4.06. The summed E-state index contributed by atoms with van der Waals surface area (Å²) in [5, 5.41) is 0. The van der Waals surface area contributed by atoms with Gasteiger partial charge in [-0.25, -0.2) is 12.8 Å². The van der Waals surface area contributed by atoms with Crippen LogP contribution in [0.5, 0.6) is 0 Å². The zero-order chi connectivity index (χ0) is 17.4. The first kappa shape index (κ1) is 17.3. The monoisotopic (exact) mass is 347 g/mol. The molecule has 0 aliphatic rings. The first-order valence-electron chi connectivity index (χ1n) is 6.47. The van der Waals surface area contributed by atoms with Crippen LogP contribution in [0.3, 0.4) is 0 Å². The molecule has 0 fully saturated rings. The summed E-state index contributed by atoms with van der Waals surface area (Å²) in [6, 6.07) is 7.24. The highest BCUT2D eigenvalue weighted by molar-refractivity contribution is 7.92. The molecule has 0 saturated heterocycles. The van der Waals surface area contributed by atoms with Crippen LogP contribution in [0.1, 0.15) is 16.7 Å². The lowest BCUT2D eigenvalue weighted by Gasteiger charge is -2.14. The van der Waals surface area contributed by atoms with Gasteiger partial charge in [-0.3, -0.25) is 4.72 Å². The number of halogens is 4. The van der Waals surface area contributed by atoms with E-state index < -0.39 is 27.6 Å². The van der Waals surface area contributed by atoms with Gasteiger partial charge in [-0.05, 0) is 43.7 Å². The smallest absolute Gasteiger partial charge is 0.280 e. The fourth-order valence-electron chi connectivity index (χ4n) is 1.97. The molecule has 3 nitrogen and oxygen atoms in total.